The van der Waals surface area contributed by atoms with Crippen LogP contribution >= 0.6 is 0 Å². The van der Waals surface area contributed by atoms with E-state index in [1.54, 1.807) is 0 Å². The van der Waals surface area contributed by atoms with Crippen molar-refractivity contribution in [2.75, 3.05) is 33.7 Å². The molecule has 0 aliphatic carbocycles. The second-order valence-electron chi connectivity index (χ2n) is 5.70. The number of piperazine rings is 1. The molecule has 1 aliphatic heterocycles. The van der Waals surface area contributed by atoms with Crippen molar-refractivity contribution in [2.45, 2.75) is 32.9 Å². The maximum atomic E-state index is 6.31. The topological polar surface area (TPSA) is 32.5 Å². The van der Waals surface area contributed by atoms with Gasteiger partial charge < -0.3 is 10.6 Å². The Balaban J connectivity index is 2.65. The molecule has 2 N–H and O–H groups in total. The highest BCUT2D eigenvalue weighted by Crippen LogP contribution is 2.23. The van der Waals surface area contributed by atoms with Gasteiger partial charge in [-0.05, 0) is 19.5 Å². The minimum Gasteiger partial charge on any atom is -0.326 e. The molecule has 1 aliphatic rings. The number of nitrogens with zero attached hydrogens (tertiary/aromatic N) is 2. The summed E-state index contributed by atoms with van der Waals surface area (Å²) in [6.45, 7) is 10.0. The lowest BCUT2D eigenvalue weighted by atomic mass is 9.81. The average Bonchev–Trinajstić information content (AvgIpc) is 2.06. The normalized spacial score (nSPS) is 29.1. The van der Waals surface area contributed by atoms with E-state index in [4.69, 9.17) is 5.73 Å². The molecular weight excluding hydrogens is 174 g/mol. The lowest BCUT2D eigenvalue weighted by Crippen LogP contribution is -2.60. The van der Waals surface area contributed by atoms with E-state index in [-0.39, 0.29) is 11.5 Å². The second-order valence-corrected chi connectivity index (χ2v) is 5.70. The quantitative estimate of drug-likeness (QED) is 0.671. The maximum absolute atomic E-state index is 6.31. The van der Waals surface area contributed by atoms with Gasteiger partial charge in [0.15, 0.2) is 0 Å². The number of likely N-dealkylation sites (N-methyl/N-ethyl adjacent to an activating group) is 2. The molecule has 3 heteroatoms. The van der Waals surface area contributed by atoms with Crippen LogP contribution in [0.25, 0.3) is 0 Å². The first-order valence-corrected chi connectivity index (χ1v) is 5.46. The van der Waals surface area contributed by atoms with Crippen molar-refractivity contribution >= 4 is 0 Å². The molecule has 1 rings (SSSR count). The van der Waals surface area contributed by atoms with E-state index in [1.165, 1.54) is 0 Å². The second kappa shape index (κ2) is 4.17. The van der Waals surface area contributed by atoms with E-state index in [1.807, 2.05) is 0 Å². The molecule has 0 radical (unpaired) electrons. The van der Waals surface area contributed by atoms with Gasteiger partial charge in [-0.2, -0.15) is 0 Å². The summed E-state index contributed by atoms with van der Waals surface area (Å²) in [6.07, 6.45) is 0. The van der Waals surface area contributed by atoms with Crippen molar-refractivity contribution in [3.63, 3.8) is 0 Å². The van der Waals surface area contributed by atoms with Crippen LogP contribution in [0.1, 0.15) is 20.8 Å². The molecule has 14 heavy (non-hydrogen) atoms. The van der Waals surface area contributed by atoms with E-state index in [2.05, 4.69) is 44.7 Å². The minimum absolute atomic E-state index is 0.192. The van der Waals surface area contributed by atoms with Gasteiger partial charge in [0.1, 0.15) is 0 Å². The summed E-state index contributed by atoms with van der Waals surface area (Å²) in [5.41, 5.74) is 6.50. The molecule has 1 saturated heterocycles. The standard InChI is InChI=1S/C11H25N3/c1-11(2,3)10(12)9-8-13(4)6-7-14(9)5/h9-10H,6-8,12H2,1-5H3. The van der Waals surface area contributed by atoms with E-state index in [0.29, 0.717) is 6.04 Å². The Kier molecular flexibility index (Phi) is 3.56. The Morgan fingerprint density at radius 2 is 1.79 bits per heavy atom. The third kappa shape index (κ3) is 2.69. The fourth-order valence-corrected chi connectivity index (χ4v) is 2.01. The summed E-state index contributed by atoms with van der Waals surface area (Å²) >= 11 is 0. The fraction of sp³-hybridized carbons (Fsp3) is 1.00. The van der Waals surface area contributed by atoms with Crippen LogP contribution in [0.5, 0.6) is 0 Å². The van der Waals surface area contributed by atoms with Crippen LogP contribution < -0.4 is 5.73 Å². The molecule has 0 aromatic rings. The van der Waals surface area contributed by atoms with Crippen LogP contribution in [-0.4, -0.2) is 55.6 Å². The Morgan fingerprint density at radius 1 is 1.21 bits per heavy atom. The predicted molar refractivity (Wildman–Crippen MR) is 61.3 cm³/mol. The zero-order valence-corrected chi connectivity index (χ0v) is 10.2. The van der Waals surface area contributed by atoms with Gasteiger partial charge in [-0.25, -0.2) is 0 Å². The molecule has 2 atom stereocenters. The van der Waals surface area contributed by atoms with Gasteiger partial charge >= 0.3 is 0 Å². The summed E-state index contributed by atoms with van der Waals surface area (Å²) in [4.78, 5) is 4.77. The van der Waals surface area contributed by atoms with Crippen molar-refractivity contribution in [1.29, 1.82) is 0 Å². The van der Waals surface area contributed by atoms with Crippen LogP contribution in [0.15, 0.2) is 0 Å². The highest BCUT2D eigenvalue weighted by Gasteiger charge is 2.34. The SMILES string of the molecule is CN1CCN(C)C(C(N)C(C)(C)C)C1. The molecule has 0 saturated carbocycles. The number of hydrogen-bond donors (Lipinski definition) is 1. The third-order valence-corrected chi connectivity index (χ3v) is 3.31. The lowest BCUT2D eigenvalue weighted by molar-refractivity contribution is 0.0674. The van der Waals surface area contributed by atoms with E-state index in [9.17, 15) is 0 Å². The van der Waals surface area contributed by atoms with Gasteiger partial charge in [0.25, 0.3) is 0 Å². The zero-order chi connectivity index (χ0) is 10.9. The summed E-state index contributed by atoms with van der Waals surface area (Å²) in [5, 5.41) is 0. The van der Waals surface area contributed by atoms with Gasteiger partial charge in [-0.15, -0.1) is 0 Å². The molecule has 1 heterocycles. The van der Waals surface area contributed by atoms with Gasteiger partial charge in [0, 0.05) is 31.7 Å². The predicted octanol–water partition coefficient (Wildman–Crippen LogP) is 0.606. The van der Waals surface area contributed by atoms with Crippen LogP contribution in [0.3, 0.4) is 0 Å². The Labute approximate surface area is 88.2 Å². The first-order valence-electron chi connectivity index (χ1n) is 5.46. The van der Waals surface area contributed by atoms with Crippen LogP contribution in [0, 0.1) is 5.41 Å². The highest BCUT2D eigenvalue weighted by atomic mass is 15.3. The first-order chi connectivity index (χ1) is 6.32. The molecule has 3 nitrogen and oxygen atoms in total. The lowest BCUT2D eigenvalue weighted by Gasteiger charge is -2.44. The summed E-state index contributed by atoms with van der Waals surface area (Å²) < 4.78 is 0. The molecule has 0 spiro atoms. The molecule has 0 amide bonds. The largest absolute Gasteiger partial charge is 0.326 e. The Hall–Kier alpha value is -0.120. The number of hydrogen-bond acceptors (Lipinski definition) is 3. The van der Waals surface area contributed by atoms with Crippen molar-refractivity contribution in [3.8, 4) is 0 Å². The van der Waals surface area contributed by atoms with E-state index in [0.717, 1.165) is 19.6 Å². The molecule has 0 aromatic heterocycles. The number of rotatable bonds is 1. The molecule has 0 aromatic carbocycles. The minimum atomic E-state index is 0.192. The molecular formula is C11H25N3. The van der Waals surface area contributed by atoms with Gasteiger partial charge in [0.2, 0.25) is 0 Å². The fourth-order valence-electron chi connectivity index (χ4n) is 2.01. The van der Waals surface area contributed by atoms with Crippen molar-refractivity contribution in [3.05, 3.63) is 0 Å². The molecule has 84 valence electrons. The monoisotopic (exact) mass is 199 g/mol. The highest BCUT2D eigenvalue weighted by molar-refractivity contribution is 4.92. The van der Waals surface area contributed by atoms with Crippen molar-refractivity contribution in [1.82, 2.24) is 9.80 Å². The van der Waals surface area contributed by atoms with Gasteiger partial charge in [0.05, 0.1) is 0 Å². The smallest absolute Gasteiger partial charge is 0.0376 e. The van der Waals surface area contributed by atoms with Crippen LogP contribution in [0.4, 0.5) is 0 Å². The summed E-state index contributed by atoms with van der Waals surface area (Å²) in [5.74, 6) is 0. The van der Waals surface area contributed by atoms with Crippen LogP contribution in [0.2, 0.25) is 0 Å². The average molecular weight is 199 g/mol. The molecule has 1 fully saturated rings. The van der Waals surface area contributed by atoms with Crippen molar-refractivity contribution in [2.24, 2.45) is 11.1 Å². The first kappa shape index (κ1) is 12.0. The van der Waals surface area contributed by atoms with Gasteiger partial charge in [-0.3, -0.25) is 4.90 Å². The molecule has 0 bridgehead atoms. The summed E-state index contributed by atoms with van der Waals surface area (Å²) in [7, 11) is 4.36. The van der Waals surface area contributed by atoms with Crippen LogP contribution in [-0.2, 0) is 0 Å². The molecule has 2 unspecified atom stereocenters. The zero-order valence-electron chi connectivity index (χ0n) is 10.2. The van der Waals surface area contributed by atoms with Gasteiger partial charge in [-0.1, -0.05) is 20.8 Å². The Bertz CT molecular complexity index is 185. The van der Waals surface area contributed by atoms with Crippen molar-refractivity contribution < 1.29 is 0 Å². The summed E-state index contributed by atoms with van der Waals surface area (Å²) in [6, 6.07) is 0.740. The maximum Gasteiger partial charge on any atom is 0.0376 e. The Morgan fingerprint density at radius 3 is 2.29 bits per heavy atom. The number of nitrogens with two attached hydrogens (primary N) is 1. The van der Waals surface area contributed by atoms with E-state index >= 15 is 0 Å². The third-order valence-electron chi connectivity index (χ3n) is 3.31. The van der Waals surface area contributed by atoms with E-state index < -0.39 is 0 Å².